The monoisotopic (exact) mass is 292 g/mol. The lowest BCUT2D eigenvalue weighted by atomic mass is 10.0. The van der Waals surface area contributed by atoms with Crippen molar-refractivity contribution in [3.05, 3.63) is 29.3 Å². The topological polar surface area (TPSA) is 50.4 Å². The van der Waals surface area contributed by atoms with E-state index in [0.29, 0.717) is 0 Å². The Balaban J connectivity index is 2.76. The summed E-state index contributed by atoms with van der Waals surface area (Å²) >= 11 is 0. The summed E-state index contributed by atoms with van der Waals surface area (Å²) in [5.41, 5.74) is 2.02. The minimum absolute atomic E-state index is 0.0339. The normalized spacial score (nSPS) is 12.9. The fraction of sp³-hybridized carbons (Fsp3) is 0.588. The summed E-state index contributed by atoms with van der Waals surface area (Å²) in [6, 6.07) is 6.22. The molecule has 0 saturated heterocycles. The van der Waals surface area contributed by atoms with E-state index in [0.717, 1.165) is 17.9 Å². The molecule has 0 heterocycles. The van der Waals surface area contributed by atoms with Gasteiger partial charge in [0.2, 0.25) is 0 Å². The molecule has 0 spiro atoms. The molecule has 1 unspecified atom stereocenters. The van der Waals surface area contributed by atoms with Gasteiger partial charge in [0, 0.05) is 17.1 Å². The van der Waals surface area contributed by atoms with Gasteiger partial charge >= 0.3 is 0 Å². The van der Waals surface area contributed by atoms with Crippen molar-refractivity contribution in [1.82, 2.24) is 10.6 Å². The van der Waals surface area contributed by atoms with E-state index >= 15 is 0 Å². The first kappa shape index (κ1) is 17.5. The lowest BCUT2D eigenvalue weighted by molar-refractivity contribution is -0.124. The number of benzene rings is 1. The molecule has 4 nitrogen and oxygen atoms in total. The van der Waals surface area contributed by atoms with Crippen LogP contribution >= 0.6 is 0 Å². The highest BCUT2D eigenvalue weighted by atomic mass is 16.5. The zero-order chi connectivity index (χ0) is 16.0. The van der Waals surface area contributed by atoms with E-state index in [9.17, 15) is 4.79 Å². The minimum Gasteiger partial charge on any atom is -0.483 e. The lowest BCUT2D eigenvalue weighted by Gasteiger charge is -2.22. The first-order valence-corrected chi connectivity index (χ1v) is 7.50. The minimum atomic E-state index is -0.242. The van der Waals surface area contributed by atoms with Crippen LogP contribution in [0.1, 0.15) is 51.8 Å². The third-order valence-electron chi connectivity index (χ3n) is 3.02. The van der Waals surface area contributed by atoms with Gasteiger partial charge in [-0.2, -0.15) is 0 Å². The summed E-state index contributed by atoms with van der Waals surface area (Å²) in [4.78, 5) is 11.9. The van der Waals surface area contributed by atoms with E-state index in [2.05, 4.69) is 37.5 Å². The number of carbonyl (C=O) groups is 1. The molecule has 0 saturated carbocycles. The van der Waals surface area contributed by atoms with Crippen molar-refractivity contribution < 1.29 is 9.53 Å². The molecule has 0 bridgehead atoms. The van der Waals surface area contributed by atoms with Crippen LogP contribution in [0.4, 0.5) is 0 Å². The Labute approximate surface area is 128 Å². The molecule has 0 aliphatic rings. The summed E-state index contributed by atoms with van der Waals surface area (Å²) < 4.78 is 5.72. The fourth-order valence-corrected chi connectivity index (χ4v) is 2.15. The molecule has 1 amide bonds. The maximum absolute atomic E-state index is 11.9. The Hall–Kier alpha value is -1.55. The van der Waals surface area contributed by atoms with Crippen LogP contribution in [0.25, 0.3) is 0 Å². The summed E-state index contributed by atoms with van der Waals surface area (Å²) in [5, 5.41) is 6.27. The SMILES string of the molecule is CCNC(C)c1cc(C)ccc1OCC(=O)NC(C)(C)C. The van der Waals surface area contributed by atoms with Crippen LogP contribution in [-0.4, -0.2) is 24.6 Å². The average molecular weight is 292 g/mol. The molecule has 1 rings (SSSR count). The van der Waals surface area contributed by atoms with Crippen LogP contribution in [0.15, 0.2) is 18.2 Å². The first-order chi connectivity index (χ1) is 9.73. The Morgan fingerprint density at radius 1 is 1.33 bits per heavy atom. The van der Waals surface area contributed by atoms with Crippen LogP contribution < -0.4 is 15.4 Å². The molecule has 2 N–H and O–H groups in total. The molecular formula is C17H28N2O2. The number of carbonyl (C=O) groups excluding carboxylic acids is 1. The molecule has 1 aromatic carbocycles. The van der Waals surface area contributed by atoms with Gasteiger partial charge < -0.3 is 15.4 Å². The zero-order valence-corrected chi connectivity index (χ0v) is 14.0. The first-order valence-electron chi connectivity index (χ1n) is 7.50. The second kappa shape index (κ2) is 7.46. The maximum Gasteiger partial charge on any atom is 0.258 e. The van der Waals surface area contributed by atoms with Gasteiger partial charge in [0.25, 0.3) is 5.91 Å². The summed E-state index contributed by atoms with van der Waals surface area (Å²) in [7, 11) is 0. The lowest BCUT2D eigenvalue weighted by Crippen LogP contribution is -2.43. The summed E-state index contributed by atoms with van der Waals surface area (Å²) in [5.74, 6) is 0.656. The van der Waals surface area contributed by atoms with Crippen molar-refractivity contribution >= 4 is 5.91 Å². The number of amides is 1. The standard InChI is InChI=1S/C17H28N2O2/c1-7-18-13(3)14-10-12(2)8-9-15(14)21-11-16(20)19-17(4,5)6/h8-10,13,18H,7,11H2,1-6H3,(H,19,20). The number of rotatable bonds is 6. The predicted molar refractivity (Wildman–Crippen MR) is 86.7 cm³/mol. The fourth-order valence-electron chi connectivity index (χ4n) is 2.15. The second-order valence-electron chi connectivity index (χ2n) is 6.41. The quantitative estimate of drug-likeness (QED) is 0.847. The van der Waals surface area contributed by atoms with Crippen molar-refractivity contribution in [1.29, 1.82) is 0 Å². The van der Waals surface area contributed by atoms with Gasteiger partial charge in [-0.05, 0) is 47.2 Å². The molecule has 21 heavy (non-hydrogen) atoms. The molecule has 0 aliphatic carbocycles. The van der Waals surface area contributed by atoms with Crippen molar-refractivity contribution in [3.63, 3.8) is 0 Å². The number of ether oxygens (including phenoxy) is 1. The third-order valence-corrected chi connectivity index (χ3v) is 3.02. The number of aryl methyl sites for hydroxylation is 1. The Kier molecular flexibility index (Phi) is 6.21. The van der Waals surface area contributed by atoms with Crippen LogP contribution in [0.3, 0.4) is 0 Å². The summed E-state index contributed by atoms with van der Waals surface area (Å²) in [6.07, 6.45) is 0. The van der Waals surface area contributed by atoms with Gasteiger partial charge in [0.1, 0.15) is 5.75 Å². The molecule has 0 radical (unpaired) electrons. The van der Waals surface area contributed by atoms with E-state index in [1.807, 2.05) is 32.9 Å². The van der Waals surface area contributed by atoms with Gasteiger partial charge in [0.05, 0.1) is 0 Å². The van der Waals surface area contributed by atoms with Crippen LogP contribution in [-0.2, 0) is 4.79 Å². The highest BCUT2D eigenvalue weighted by Gasteiger charge is 2.16. The number of hydrogen-bond donors (Lipinski definition) is 2. The molecule has 1 atom stereocenters. The van der Waals surface area contributed by atoms with Crippen molar-refractivity contribution in [2.45, 2.75) is 53.1 Å². The van der Waals surface area contributed by atoms with Gasteiger partial charge in [-0.15, -0.1) is 0 Å². The highest BCUT2D eigenvalue weighted by Crippen LogP contribution is 2.26. The average Bonchev–Trinajstić information content (AvgIpc) is 2.35. The zero-order valence-electron chi connectivity index (χ0n) is 14.0. The van der Waals surface area contributed by atoms with Gasteiger partial charge in [0.15, 0.2) is 6.61 Å². The smallest absolute Gasteiger partial charge is 0.258 e. The Morgan fingerprint density at radius 2 is 2.00 bits per heavy atom. The number of nitrogens with one attached hydrogen (secondary N) is 2. The Morgan fingerprint density at radius 3 is 2.57 bits per heavy atom. The van der Waals surface area contributed by atoms with Crippen molar-refractivity contribution in [2.24, 2.45) is 0 Å². The van der Waals surface area contributed by atoms with Crippen LogP contribution in [0, 0.1) is 6.92 Å². The molecule has 1 aromatic rings. The van der Waals surface area contributed by atoms with E-state index in [1.54, 1.807) is 0 Å². The van der Waals surface area contributed by atoms with Gasteiger partial charge in [-0.1, -0.05) is 24.6 Å². The molecule has 118 valence electrons. The van der Waals surface area contributed by atoms with Crippen LogP contribution in [0.5, 0.6) is 5.75 Å². The predicted octanol–water partition coefficient (Wildman–Crippen LogP) is 2.96. The van der Waals surface area contributed by atoms with Crippen LogP contribution in [0.2, 0.25) is 0 Å². The largest absolute Gasteiger partial charge is 0.483 e. The van der Waals surface area contributed by atoms with Gasteiger partial charge in [-0.25, -0.2) is 0 Å². The van der Waals surface area contributed by atoms with Crippen molar-refractivity contribution in [3.8, 4) is 5.75 Å². The van der Waals surface area contributed by atoms with Gasteiger partial charge in [-0.3, -0.25) is 4.79 Å². The molecule has 0 fully saturated rings. The summed E-state index contributed by atoms with van der Waals surface area (Å²) in [6.45, 7) is 13.0. The van der Waals surface area contributed by atoms with Crippen molar-refractivity contribution in [2.75, 3.05) is 13.2 Å². The van der Waals surface area contributed by atoms with E-state index in [4.69, 9.17) is 4.74 Å². The molecular weight excluding hydrogens is 264 g/mol. The van der Waals surface area contributed by atoms with E-state index in [1.165, 1.54) is 5.56 Å². The third kappa shape index (κ3) is 6.17. The molecule has 4 heteroatoms. The number of hydrogen-bond acceptors (Lipinski definition) is 3. The van der Waals surface area contributed by atoms with E-state index in [-0.39, 0.29) is 24.1 Å². The molecule has 0 aromatic heterocycles. The maximum atomic E-state index is 11.9. The van der Waals surface area contributed by atoms with E-state index < -0.39 is 0 Å². The Bertz CT molecular complexity index is 478. The highest BCUT2D eigenvalue weighted by molar-refractivity contribution is 5.78. The second-order valence-corrected chi connectivity index (χ2v) is 6.41. The molecule has 0 aliphatic heterocycles.